The van der Waals surface area contributed by atoms with Gasteiger partial charge in [0.2, 0.25) is 0 Å². The van der Waals surface area contributed by atoms with Crippen LogP contribution >= 0.6 is 39.3 Å². The van der Waals surface area contributed by atoms with Crippen LogP contribution in [0.15, 0.2) is 76.1 Å². The lowest BCUT2D eigenvalue weighted by Crippen LogP contribution is -2.27. The normalized spacial score (nSPS) is 14.7. The third-order valence-electron chi connectivity index (χ3n) is 4.98. The average Bonchev–Trinajstić information content (AvgIpc) is 3.07. The molecule has 174 valence electrons. The van der Waals surface area contributed by atoms with Gasteiger partial charge >= 0.3 is 0 Å². The number of rotatable bonds is 8. The molecule has 1 saturated heterocycles. The summed E-state index contributed by atoms with van der Waals surface area (Å²) in [5.74, 6) is 0.840. The Kier molecular flexibility index (Phi) is 7.98. The maximum atomic E-state index is 12.9. The van der Waals surface area contributed by atoms with Crippen LogP contribution in [0.1, 0.15) is 23.6 Å². The van der Waals surface area contributed by atoms with Crippen molar-refractivity contribution in [1.29, 1.82) is 0 Å². The maximum Gasteiger partial charge on any atom is 0.293 e. The molecule has 0 bridgehead atoms. The predicted molar refractivity (Wildman–Crippen MR) is 139 cm³/mol. The minimum atomic E-state index is -0.308. The molecule has 34 heavy (non-hydrogen) atoms. The number of amides is 2. The molecule has 2 amide bonds. The van der Waals surface area contributed by atoms with Gasteiger partial charge in [0.25, 0.3) is 11.1 Å². The molecule has 0 spiro atoms. The van der Waals surface area contributed by atoms with Crippen molar-refractivity contribution in [2.45, 2.75) is 20.1 Å². The molecule has 0 N–H and O–H groups in total. The van der Waals surface area contributed by atoms with Crippen LogP contribution in [0.2, 0.25) is 5.02 Å². The van der Waals surface area contributed by atoms with Crippen LogP contribution in [0.4, 0.5) is 4.79 Å². The molecule has 1 heterocycles. The number of imide groups is 1. The Labute approximate surface area is 215 Å². The van der Waals surface area contributed by atoms with E-state index in [1.807, 2.05) is 61.5 Å². The largest absolute Gasteiger partial charge is 0.490 e. The highest BCUT2D eigenvalue weighted by molar-refractivity contribution is 9.10. The highest BCUT2D eigenvalue weighted by Gasteiger charge is 2.35. The summed E-state index contributed by atoms with van der Waals surface area (Å²) in [5, 5.41) is 0.362. The van der Waals surface area contributed by atoms with E-state index in [1.54, 1.807) is 18.2 Å². The van der Waals surface area contributed by atoms with Crippen LogP contribution in [0, 0.1) is 0 Å². The maximum absolute atomic E-state index is 12.9. The van der Waals surface area contributed by atoms with Gasteiger partial charge in [-0.05, 0) is 77.9 Å². The van der Waals surface area contributed by atoms with Crippen molar-refractivity contribution in [3.05, 3.63) is 97.8 Å². The van der Waals surface area contributed by atoms with Crippen LogP contribution in [0.5, 0.6) is 11.5 Å². The number of benzene rings is 3. The first-order valence-electron chi connectivity index (χ1n) is 10.6. The first kappa shape index (κ1) is 24.4. The van der Waals surface area contributed by atoms with Gasteiger partial charge in [-0.1, -0.05) is 57.9 Å². The lowest BCUT2D eigenvalue weighted by Gasteiger charge is -2.13. The number of nitrogens with zero attached hydrogens (tertiary/aromatic N) is 1. The van der Waals surface area contributed by atoms with Crippen molar-refractivity contribution < 1.29 is 19.1 Å². The summed E-state index contributed by atoms with van der Waals surface area (Å²) in [6.07, 6.45) is 1.70. The Balaban J connectivity index is 1.50. The van der Waals surface area contributed by atoms with E-state index in [2.05, 4.69) is 15.9 Å². The van der Waals surface area contributed by atoms with Gasteiger partial charge in [0.15, 0.2) is 11.5 Å². The van der Waals surface area contributed by atoms with E-state index >= 15 is 0 Å². The quantitative estimate of drug-likeness (QED) is 0.271. The fraction of sp³-hybridized carbons (Fsp3) is 0.154. The summed E-state index contributed by atoms with van der Waals surface area (Å²) in [6, 6.07) is 20.4. The minimum absolute atomic E-state index is 0.232. The second kappa shape index (κ2) is 11.1. The lowest BCUT2D eigenvalue weighted by atomic mass is 10.1. The highest BCUT2D eigenvalue weighted by Crippen LogP contribution is 2.35. The molecule has 1 aliphatic heterocycles. The zero-order valence-corrected chi connectivity index (χ0v) is 21.5. The predicted octanol–water partition coefficient (Wildman–Crippen LogP) is 7.32. The van der Waals surface area contributed by atoms with Gasteiger partial charge in [-0.3, -0.25) is 14.5 Å². The molecule has 0 atom stereocenters. The molecule has 3 aromatic carbocycles. The lowest BCUT2D eigenvalue weighted by molar-refractivity contribution is -0.123. The van der Waals surface area contributed by atoms with Gasteiger partial charge < -0.3 is 9.47 Å². The van der Waals surface area contributed by atoms with Crippen LogP contribution in [-0.2, 0) is 17.9 Å². The van der Waals surface area contributed by atoms with Gasteiger partial charge in [-0.2, -0.15) is 0 Å². The van der Waals surface area contributed by atoms with Gasteiger partial charge in [0, 0.05) is 9.50 Å². The summed E-state index contributed by atoms with van der Waals surface area (Å²) >= 11 is 10.4. The molecule has 3 aromatic rings. The molecule has 1 aliphatic rings. The summed E-state index contributed by atoms with van der Waals surface area (Å²) < 4.78 is 12.6. The average molecular weight is 559 g/mol. The summed E-state index contributed by atoms with van der Waals surface area (Å²) in [4.78, 5) is 27.0. The highest BCUT2D eigenvalue weighted by atomic mass is 79.9. The zero-order valence-electron chi connectivity index (χ0n) is 18.3. The molecule has 0 aromatic heterocycles. The van der Waals surface area contributed by atoms with E-state index in [0.29, 0.717) is 34.6 Å². The standard InChI is InChI=1S/C26H21BrClNO4S/c1-2-32-23-13-18(8-11-22(23)33-16-19-4-3-5-21(28)12-19)14-24-25(30)29(26(31)34-24)15-17-6-9-20(27)10-7-17/h3-14H,2,15-16H2,1H3/b24-14-. The van der Waals surface area contributed by atoms with Crippen LogP contribution < -0.4 is 9.47 Å². The van der Waals surface area contributed by atoms with Crippen molar-refractivity contribution >= 4 is 56.5 Å². The molecule has 8 heteroatoms. The Morgan fingerprint density at radius 1 is 0.971 bits per heavy atom. The minimum Gasteiger partial charge on any atom is -0.490 e. The topological polar surface area (TPSA) is 55.8 Å². The molecule has 4 rings (SSSR count). The Morgan fingerprint density at radius 3 is 2.50 bits per heavy atom. The number of halogens is 2. The number of thioether (sulfide) groups is 1. The van der Waals surface area contributed by atoms with E-state index in [1.165, 1.54) is 4.90 Å². The molecular weight excluding hydrogens is 538 g/mol. The zero-order chi connectivity index (χ0) is 24.1. The summed E-state index contributed by atoms with van der Waals surface area (Å²) in [7, 11) is 0. The Bertz CT molecular complexity index is 1250. The molecule has 0 aliphatic carbocycles. The molecule has 0 radical (unpaired) electrons. The Hall–Kier alpha value is -2.74. The Morgan fingerprint density at radius 2 is 1.76 bits per heavy atom. The van der Waals surface area contributed by atoms with E-state index in [0.717, 1.165) is 32.9 Å². The van der Waals surface area contributed by atoms with Gasteiger partial charge in [-0.25, -0.2) is 0 Å². The summed E-state index contributed by atoms with van der Waals surface area (Å²) in [5.41, 5.74) is 2.57. The van der Waals surface area contributed by atoms with E-state index < -0.39 is 0 Å². The van der Waals surface area contributed by atoms with Crippen LogP contribution in [-0.4, -0.2) is 22.7 Å². The molecular formula is C26H21BrClNO4S. The van der Waals surface area contributed by atoms with Gasteiger partial charge in [-0.15, -0.1) is 0 Å². The number of carbonyl (C=O) groups is 2. The monoisotopic (exact) mass is 557 g/mol. The van der Waals surface area contributed by atoms with Crippen molar-refractivity contribution in [2.75, 3.05) is 6.61 Å². The second-order valence-electron chi connectivity index (χ2n) is 7.45. The number of carbonyl (C=O) groups excluding carboxylic acids is 2. The van der Waals surface area contributed by atoms with Crippen LogP contribution in [0.25, 0.3) is 6.08 Å². The molecule has 1 fully saturated rings. The van der Waals surface area contributed by atoms with Crippen molar-refractivity contribution in [3.63, 3.8) is 0 Å². The number of hydrogen-bond donors (Lipinski definition) is 0. The van der Waals surface area contributed by atoms with Crippen molar-refractivity contribution in [3.8, 4) is 11.5 Å². The molecule has 0 unspecified atom stereocenters. The van der Waals surface area contributed by atoms with E-state index in [4.69, 9.17) is 21.1 Å². The summed E-state index contributed by atoms with van der Waals surface area (Å²) in [6.45, 7) is 2.92. The van der Waals surface area contributed by atoms with Gasteiger partial charge in [0.1, 0.15) is 6.61 Å². The van der Waals surface area contributed by atoms with Gasteiger partial charge in [0.05, 0.1) is 18.1 Å². The fourth-order valence-corrected chi connectivity index (χ4v) is 4.67. The SMILES string of the molecule is CCOc1cc(/C=C2\SC(=O)N(Cc3ccc(Br)cc3)C2=O)ccc1OCc1cccc(Cl)c1. The molecule has 0 saturated carbocycles. The first-order valence-corrected chi connectivity index (χ1v) is 12.6. The van der Waals surface area contributed by atoms with Crippen molar-refractivity contribution in [1.82, 2.24) is 4.90 Å². The second-order valence-corrected chi connectivity index (χ2v) is 9.80. The number of hydrogen-bond acceptors (Lipinski definition) is 5. The van der Waals surface area contributed by atoms with E-state index in [9.17, 15) is 9.59 Å². The van der Waals surface area contributed by atoms with E-state index in [-0.39, 0.29) is 17.7 Å². The molecule has 5 nitrogen and oxygen atoms in total. The first-order chi connectivity index (χ1) is 16.4. The fourth-order valence-electron chi connectivity index (χ4n) is 3.35. The third kappa shape index (κ3) is 6.03. The van der Waals surface area contributed by atoms with Crippen molar-refractivity contribution in [2.24, 2.45) is 0 Å². The third-order valence-corrected chi connectivity index (χ3v) is 6.65. The number of ether oxygens (including phenoxy) is 2. The smallest absolute Gasteiger partial charge is 0.293 e. The van der Waals surface area contributed by atoms with Crippen LogP contribution in [0.3, 0.4) is 0 Å².